The van der Waals surface area contributed by atoms with E-state index in [0.717, 1.165) is 16.7 Å². The van der Waals surface area contributed by atoms with Crippen LogP contribution in [0, 0.1) is 11.6 Å². The number of anilines is 1. The van der Waals surface area contributed by atoms with Crippen molar-refractivity contribution in [3.05, 3.63) is 149 Å². The zero-order chi connectivity index (χ0) is 47.6. The lowest BCUT2D eigenvalue weighted by Gasteiger charge is -2.32. The Morgan fingerprint density at radius 3 is 1.74 bits per heavy atom. The first-order valence-electron chi connectivity index (χ1n) is 20.9. The summed E-state index contributed by atoms with van der Waals surface area (Å²) in [6, 6.07) is 27.1. The number of likely N-dealkylation sites (tertiary alicyclic amines) is 1. The SMILES string of the molecule is CC(Cl)Cl.CC1(C)OB(c2ccc(C(=O)N[C@H](CO)c3ccccc3)c(F)c2)OC1(C)C.CN1CC(c2cnc(N)c(-c3ccc(C(=O)N[C@H](CO)c4ccccc4)c(F)c3)c2)CC1=O. The normalized spacial score (nSPS) is 17.1. The number of benzene rings is 4. The van der Waals surface area contributed by atoms with Crippen LogP contribution in [0.15, 0.2) is 109 Å². The smallest absolute Gasteiger partial charge is 0.399 e. The molecule has 7 rings (SSSR count). The zero-order valence-electron chi connectivity index (χ0n) is 37.0. The van der Waals surface area contributed by atoms with Gasteiger partial charge in [-0.3, -0.25) is 14.4 Å². The van der Waals surface area contributed by atoms with Crippen molar-refractivity contribution >= 4 is 59.3 Å². The maximum Gasteiger partial charge on any atom is 0.494 e. The molecule has 0 saturated carbocycles. The fourth-order valence-corrected chi connectivity index (χ4v) is 7.05. The maximum atomic E-state index is 14.9. The van der Waals surface area contributed by atoms with E-state index in [0.29, 0.717) is 29.6 Å². The molecule has 12 nitrogen and oxygen atoms in total. The molecule has 1 unspecified atom stereocenters. The third-order valence-electron chi connectivity index (χ3n) is 11.4. The second kappa shape index (κ2) is 22.2. The largest absolute Gasteiger partial charge is 0.494 e. The molecule has 2 aliphatic heterocycles. The summed E-state index contributed by atoms with van der Waals surface area (Å²) >= 11 is 10.1. The van der Waals surface area contributed by atoms with E-state index in [1.54, 1.807) is 73.6 Å². The van der Waals surface area contributed by atoms with E-state index >= 15 is 0 Å². The number of nitrogens with zero attached hydrogens (tertiary/aromatic N) is 2. The number of aromatic nitrogens is 1. The van der Waals surface area contributed by atoms with Crippen molar-refractivity contribution in [2.75, 3.05) is 32.5 Å². The van der Waals surface area contributed by atoms with Crippen LogP contribution in [0.1, 0.15) is 96.4 Å². The number of alkyl halides is 2. The predicted octanol–water partition coefficient (Wildman–Crippen LogP) is 7.28. The van der Waals surface area contributed by atoms with Crippen molar-refractivity contribution in [1.82, 2.24) is 20.5 Å². The molecule has 65 heavy (non-hydrogen) atoms. The van der Waals surface area contributed by atoms with Crippen LogP contribution in [-0.2, 0) is 14.1 Å². The molecule has 17 heteroatoms. The first kappa shape index (κ1) is 50.6. The maximum absolute atomic E-state index is 14.9. The molecule has 3 amide bonds. The van der Waals surface area contributed by atoms with Crippen LogP contribution in [0.25, 0.3) is 11.1 Å². The molecular formula is C48H54BCl2F2N5O7. The number of likely N-dealkylation sites (N-methyl/N-ethyl adjacent to an activating group) is 1. The van der Waals surface area contributed by atoms with Gasteiger partial charge >= 0.3 is 7.12 Å². The zero-order valence-corrected chi connectivity index (χ0v) is 38.5. The number of carbonyl (C=O) groups excluding carboxylic acids is 3. The highest BCUT2D eigenvalue weighted by atomic mass is 35.5. The number of hydrogen-bond donors (Lipinski definition) is 5. The van der Waals surface area contributed by atoms with Crippen molar-refractivity contribution in [2.45, 2.75) is 75.1 Å². The van der Waals surface area contributed by atoms with E-state index in [4.69, 9.17) is 38.2 Å². The van der Waals surface area contributed by atoms with Crippen molar-refractivity contribution in [1.29, 1.82) is 0 Å². The second-order valence-electron chi connectivity index (χ2n) is 16.7. The molecule has 4 aromatic carbocycles. The van der Waals surface area contributed by atoms with Crippen molar-refractivity contribution in [3.8, 4) is 11.1 Å². The van der Waals surface area contributed by atoms with Gasteiger partial charge in [-0.15, -0.1) is 23.2 Å². The summed E-state index contributed by atoms with van der Waals surface area (Å²) < 4.78 is 41.4. The Bertz CT molecular complexity index is 2420. The number of hydrogen-bond acceptors (Lipinski definition) is 9. The topological polar surface area (TPSA) is 176 Å². The van der Waals surface area contributed by atoms with Crippen LogP contribution in [0.5, 0.6) is 0 Å². The molecule has 344 valence electrons. The van der Waals surface area contributed by atoms with Gasteiger partial charge in [0.15, 0.2) is 0 Å². The van der Waals surface area contributed by atoms with E-state index in [9.17, 15) is 33.4 Å². The lowest BCUT2D eigenvalue weighted by Crippen LogP contribution is -2.41. The summed E-state index contributed by atoms with van der Waals surface area (Å²) in [6.07, 6.45) is 2.04. The number of rotatable bonds is 11. The van der Waals surface area contributed by atoms with Crippen LogP contribution in [0.3, 0.4) is 0 Å². The van der Waals surface area contributed by atoms with Gasteiger partial charge in [0.25, 0.3) is 11.8 Å². The number of nitrogens with two attached hydrogens (primary N) is 1. The highest BCUT2D eigenvalue weighted by Gasteiger charge is 2.51. The first-order chi connectivity index (χ1) is 30.7. The van der Waals surface area contributed by atoms with E-state index in [-0.39, 0.29) is 46.8 Å². The van der Waals surface area contributed by atoms with E-state index < -0.39 is 53.9 Å². The number of aliphatic hydroxyl groups is 2. The van der Waals surface area contributed by atoms with Gasteiger partial charge in [0, 0.05) is 37.7 Å². The van der Waals surface area contributed by atoms with Crippen molar-refractivity contribution in [2.24, 2.45) is 0 Å². The molecule has 2 saturated heterocycles. The van der Waals surface area contributed by atoms with Crippen LogP contribution < -0.4 is 21.8 Å². The Morgan fingerprint density at radius 2 is 1.31 bits per heavy atom. The molecule has 3 atom stereocenters. The third-order valence-corrected chi connectivity index (χ3v) is 11.4. The average Bonchev–Trinajstić information content (AvgIpc) is 3.72. The monoisotopic (exact) mass is 931 g/mol. The molecule has 5 aromatic rings. The third kappa shape index (κ3) is 12.9. The number of nitrogen functional groups attached to an aromatic ring is 1. The fourth-order valence-electron chi connectivity index (χ4n) is 7.05. The summed E-state index contributed by atoms with van der Waals surface area (Å²) in [6.45, 7) is 9.36. The van der Waals surface area contributed by atoms with Gasteiger partial charge in [-0.05, 0) is 92.7 Å². The Hall–Kier alpha value is -5.42. The van der Waals surface area contributed by atoms with Crippen LogP contribution in [0.2, 0.25) is 0 Å². The minimum Gasteiger partial charge on any atom is -0.399 e. The number of carbonyl (C=O) groups is 3. The molecule has 0 radical (unpaired) electrons. The highest BCUT2D eigenvalue weighted by Crippen LogP contribution is 2.37. The van der Waals surface area contributed by atoms with Crippen molar-refractivity contribution < 1.29 is 42.7 Å². The first-order valence-corrected chi connectivity index (χ1v) is 21.8. The van der Waals surface area contributed by atoms with Gasteiger partial charge < -0.3 is 40.8 Å². The van der Waals surface area contributed by atoms with E-state index in [1.807, 2.05) is 58.0 Å². The molecule has 6 N–H and O–H groups in total. The average molecular weight is 933 g/mol. The van der Waals surface area contributed by atoms with Crippen LogP contribution >= 0.6 is 23.2 Å². The minimum absolute atomic E-state index is 0.00218. The Balaban J connectivity index is 0.000000228. The quantitative estimate of drug-likeness (QED) is 0.0674. The molecule has 3 heterocycles. The van der Waals surface area contributed by atoms with Gasteiger partial charge in [-0.25, -0.2) is 13.8 Å². The second-order valence-corrected chi connectivity index (χ2v) is 18.2. The number of aliphatic hydroxyl groups excluding tert-OH is 2. The Labute approximate surface area is 388 Å². The summed E-state index contributed by atoms with van der Waals surface area (Å²) in [7, 11) is 1.05. The van der Waals surface area contributed by atoms with Gasteiger partial charge in [-0.2, -0.15) is 0 Å². The Kier molecular flexibility index (Phi) is 17.3. The van der Waals surface area contributed by atoms with Crippen LogP contribution in [0.4, 0.5) is 14.6 Å². The number of pyridine rings is 1. The van der Waals surface area contributed by atoms with Crippen molar-refractivity contribution in [3.63, 3.8) is 0 Å². The summed E-state index contributed by atoms with van der Waals surface area (Å²) in [5.74, 6) is -2.31. The summed E-state index contributed by atoms with van der Waals surface area (Å²) in [5.41, 5.74) is 8.59. The van der Waals surface area contributed by atoms with E-state index in [2.05, 4.69) is 15.6 Å². The molecular weight excluding hydrogens is 878 g/mol. The molecule has 2 fully saturated rings. The molecule has 1 aromatic heterocycles. The van der Waals surface area contributed by atoms with E-state index in [1.165, 1.54) is 24.3 Å². The number of amides is 3. The lowest BCUT2D eigenvalue weighted by atomic mass is 9.78. The van der Waals surface area contributed by atoms with Gasteiger partial charge in [0.1, 0.15) is 22.3 Å². The van der Waals surface area contributed by atoms with Gasteiger partial charge in [0.05, 0.1) is 47.6 Å². The summed E-state index contributed by atoms with van der Waals surface area (Å²) in [4.78, 5) is 42.8. The lowest BCUT2D eigenvalue weighted by molar-refractivity contribution is -0.126. The summed E-state index contributed by atoms with van der Waals surface area (Å²) in [5, 5.41) is 24.6. The number of nitrogens with one attached hydrogen (secondary N) is 2. The standard InChI is InChI=1S/C25H25FN4O3.C21H25BFNO4.C2H4Cl2/c1-30-13-18(11-23(30)32)17-9-20(24(27)28-12-17)16-7-8-19(21(26)10-16)25(33)29-22(14-31)15-5-3-2-4-6-15;1-20(2)21(3,4)28-22(27-20)15-10-11-16(17(23)12-15)19(26)24-18(13-25)14-8-6-5-7-9-14;1-2(3)4/h2-10,12,18,22,31H,11,13-14H2,1H3,(H2,27,28)(H,29,33);5-12,18,25H,13H2,1-4H3,(H,24,26);2H,1H3/t18?,22-;18-;/m11./s1. The molecule has 0 bridgehead atoms. The molecule has 0 spiro atoms. The molecule has 0 aliphatic carbocycles. The fraction of sp³-hybridized carbons (Fsp3) is 0.333. The van der Waals surface area contributed by atoms with Gasteiger partial charge in [-0.1, -0.05) is 72.8 Å². The Morgan fingerprint density at radius 1 is 0.831 bits per heavy atom. The predicted molar refractivity (Wildman–Crippen MR) is 250 cm³/mol. The highest BCUT2D eigenvalue weighted by molar-refractivity contribution is 6.62. The van der Waals surface area contributed by atoms with Crippen LogP contribution in [-0.4, -0.2) is 87.8 Å². The minimum atomic E-state index is -0.713. The molecule has 2 aliphatic rings. The van der Waals surface area contributed by atoms with Gasteiger partial charge in [0.2, 0.25) is 5.91 Å². The number of halogens is 4.